The monoisotopic (exact) mass is 222 g/mol. The van der Waals surface area contributed by atoms with Crippen molar-refractivity contribution in [3.8, 4) is 5.75 Å². The van der Waals surface area contributed by atoms with Crippen molar-refractivity contribution >= 4 is 22.5 Å². The van der Waals surface area contributed by atoms with Crippen molar-refractivity contribution in [3.05, 3.63) is 29.2 Å². The minimum absolute atomic E-state index is 0.478. The highest BCUT2D eigenvalue weighted by Gasteiger charge is 2.06. The van der Waals surface area contributed by atoms with Gasteiger partial charge in [-0.25, -0.2) is 9.97 Å². The second-order valence-corrected chi connectivity index (χ2v) is 3.59. The summed E-state index contributed by atoms with van der Waals surface area (Å²) in [5, 5.41) is 1.34. The molecule has 2 aromatic rings. The van der Waals surface area contributed by atoms with Crippen LogP contribution in [0.25, 0.3) is 10.9 Å². The van der Waals surface area contributed by atoms with Gasteiger partial charge < -0.3 is 4.74 Å². The van der Waals surface area contributed by atoms with Crippen molar-refractivity contribution in [2.24, 2.45) is 0 Å². The summed E-state index contributed by atoms with van der Waals surface area (Å²) in [4.78, 5) is 8.09. The minimum atomic E-state index is 0.478. The highest BCUT2D eigenvalue weighted by molar-refractivity contribution is 6.34. The first kappa shape index (κ1) is 10.2. The summed E-state index contributed by atoms with van der Waals surface area (Å²) in [6.45, 7) is 4.58. The normalized spacial score (nSPS) is 10.6. The van der Waals surface area contributed by atoms with Gasteiger partial charge >= 0.3 is 0 Å². The summed E-state index contributed by atoms with van der Waals surface area (Å²) in [5.41, 5.74) is 1.85. The van der Waals surface area contributed by atoms with Gasteiger partial charge in [-0.15, -0.1) is 0 Å². The zero-order valence-electron chi connectivity index (χ0n) is 8.62. The average molecular weight is 223 g/mol. The first-order valence-electron chi connectivity index (χ1n) is 4.76. The van der Waals surface area contributed by atoms with Crippen LogP contribution in [0, 0.1) is 6.92 Å². The number of fused-ring (bicyclic) bond motifs is 1. The molecule has 0 saturated heterocycles. The molecule has 1 aromatic heterocycles. The lowest BCUT2D eigenvalue weighted by Crippen LogP contribution is -1.95. The maximum absolute atomic E-state index is 5.97. The maximum Gasteiger partial charge on any atom is 0.140 e. The predicted molar refractivity (Wildman–Crippen MR) is 60.5 cm³/mol. The van der Waals surface area contributed by atoms with E-state index in [1.807, 2.05) is 26.0 Å². The number of ether oxygens (including phenoxy) is 1. The summed E-state index contributed by atoms with van der Waals surface area (Å²) in [6.07, 6.45) is 1.45. The van der Waals surface area contributed by atoms with E-state index >= 15 is 0 Å². The molecule has 0 saturated carbocycles. The van der Waals surface area contributed by atoms with Crippen LogP contribution in [0.5, 0.6) is 5.75 Å². The van der Waals surface area contributed by atoms with Crippen LogP contribution in [-0.2, 0) is 0 Å². The van der Waals surface area contributed by atoms with Gasteiger partial charge in [0, 0.05) is 11.5 Å². The zero-order chi connectivity index (χ0) is 10.8. The van der Waals surface area contributed by atoms with E-state index in [0.717, 1.165) is 22.2 Å². The van der Waals surface area contributed by atoms with Gasteiger partial charge in [-0.05, 0) is 25.5 Å². The molecule has 0 unspecified atom stereocenters. The number of benzene rings is 1. The number of rotatable bonds is 2. The van der Waals surface area contributed by atoms with Crippen LogP contribution in [0.15, 0.2) is 18.5 Å². The van der Waals surface area contributed by atoms with Gasteiger partial charge in [0.25, 0.3) is 0 Å². The molecule has 78 valence electrons. The molecule has 15 heavy (non-hydrogen) atoms. The molecule has 0 fully saturated rings. The number of nitrogens with zero attached hydrogens (tertiary/aromatic N) is 2. The van der Waals surface area contributed by atoms with E-state index in [0.29, 0.717) is 11.8 Å². The highest BCUT2D eigenvalue weighted by Crippen LogP contribution is 2.27. The average Bonchev–Trinajstić information content (AvgIpc) is 2.21. The number of aryl methyl sites for hydroxylation is 1. The van der Waals surface area contributed by atoms with Gasteiger partial charge in [0.05, 0.1) is 12.1 Å². The topological polar surface area (TPSA) is 35.0 Å². The Morgan fingerprint density at radius 1 is 1.33 bits per heavy atom. The Bertz CT molecular complexity index is 499. The molecule has 3 nitrogen and oxygen atoms in total. The molecule has 0 radical (unpaired) electrons. The lowest BCUT2D eigenvalue weighted by Gasteiger charge is -2.08. The Labute approximate surface area is 93.1 Å². The van der Waals surface area contributed by atoms with Gasteiger partial charge in [0.15, 0.2) is 0 Å². The van der Waals surface area contributed by atoms with Crippen LogP contribution >= 0.6 is 11.6 Å². The largest absolute Gasteiger partial charge is 0.494 e. The quantitative estimate of drug-likeness (QED) is 0.733. The van der Waals surface area contributed by atoms with E-state index in [1.54, 1.807) is 0 Å². The van der Waals surface area contributed by atoms with E-state index in [4.69, 9.17) is 16.3 Å². The van der Waals surface area contributed by atoms with Crippen LogP contribution in [0.2, 0.25) is 5.15 Å². The number of hydrogen-bond acceptors (Lipinski definition) is 3. The Balaban J connectivity index is 2.65. The first-order chi connectivity index (χ1) is 7.22. The van der Waals surface area contributed by atoms with E-state index in [1.165, 1.54) is 6.33 Å². The maximum atomic E-state index is 5.97. The Hall–Kier alpha value is -1.35. The Morgan fingerprint density at radius 3 is 2.87 bits per heavy atom. The zero-order valence-corrected chi connectivity index (χ0v) is 9.38. The number of halogens is 1. The molecule has 0 atom stereocenters. The third-order valence-corrected chi connectivity index (χ3v) is 2.48. The first-order valence-corrected chi connectivity index (χ1v) is 5.14. The fraction of sp³-hybridized carbons (Fsp3) is 0.273. The van der Waals surface area contributed by atoms with Crippen molar-refractivity contribution in [2.75, 3.05) is 6.61 Å². The van der Waals surface area contributed by atoms with Crippen LogP contribution in [-0.4, -0.2) is 16.6 Å². The van der Waals surface area contributed by atoms with E-state index in [9.17, 15) is 0 Å². The fourth-order valence-corrected chi connectivity index (χ4v) is 1.67. The molecule has 0 aliphatic heterocycles. The van der Waals surface area contributed by atoms with E-state index < -0.39 is 0 Å². The van der Waals surface area contributed by atoms with Crippen molar-refractivity contribution < 1.29 is 4.74 Å². The third kappa shape index (κ3) is 1.88. The lowest BCUT2D eigenvalue weighted by molar-refractivity contribution is 0.338. The highest BCUT2D eigenvalue weighted by atomic mass is 35.5. The summed E-state index contributed by atoms with van der Waals surface area (Å²) in [7, 11) is 0. The second kappa shape index (κ2) is 4.03. The summed E-state index contributed by atoms with van der Waals surface area (Å²) in [6, 6.07) is 3.84. The molecular formula is C11H11ClN2O. The van der Waals surface area contributed by atoms with E-state index in [-0.39, 0.29) is 0 Å². The van der Waals surface area contributed by atoms with Crippen molar-refractivity contribution in [1.82, 2.24) is 9.97 Å². The molecule has 1 heterocycles. The number of hydrogen-bond donors (Lipinski definition) is 0. The van der Waals surface area contributed by atoms with Gasteiger partial charge in [-0.1, -0.05) is 11.6 Å². The molecule has 0 bridgehead atoms. The summed E-state index contributed by atoms with van der Waals surface area (Å²) >= 11 is 5.97. The molecule has 0 aliphatic carbocycles. The molecule has 0 N–H and O–H groups in total. The summed E-state index contributed by atoms with van der Waals surface area (Å²) in [5.74, 6) is 0.847. The standard InChI is InChI=1S/C11H11ClN2O/c1-3-15-10-5-9-8(4-7(10)2)11(12)14-6-13-9/h4-6H,3H2,1-2H3. The molecule has 0 amide bonds. The van der Waals surface area contributed by atoms with Crippen molar-refractivity contribution in [3.63, 3.8) is 0 Å². The van der Waals surface area contributed by atoms with Crippen LogP contribution < -0.4 is 4.74 Å². The molecule has 0 spiro atoms. The molecule has 0 aliphatic rings. The SMILES string of the molecule is CCOc1cc2ncnc(Cl)c2cc1C. The predicted octanol–water partition coefficient (Wildman–Crippen LogP) is 2.99. The number of aromatic nitrogens is 2. The fourth-order valence-electron chi connectivity index (χ4n) is 1.47. The molecule has 1 aromatic carbocycles. The second-order valence-electron chi connectivity index (χ2n) is 3.23. The van der Waals surface area contributed by atoms with E-state index in [2.05, 4.69) is 9.97 Å². The molecule has 4 heteroatoms. The Kier molecular flexibility index (Phi) is 2.73. The van der Waals surface area contributed by atoms with Gasteiger partial charge in [-0.3, -0.25) is 0 Å². The van der Waals surface area contributed by atoms with Crippen LogP contribution in [0.1, 0.15) is 12.5 Å². The van der Waals surface area contributed by atoms with Crippen LogP contribution in [0.3, 0.4) is 0 Å². The molecular weight excluding hydrogens is 212 g/mol. The van der Waals surface area contributed by atoms with Crippen LogP contribution in [0.4, 0.5) is 0 Å². The van der Waals surface area contributed by atoms with Crippen molar-refractivity contribution in [1.29, 1.82) is 0 Å². The van der Waals surface area contributed by atoms with Gasteiger partial charge in [0.2, 0.25) is 0 Å². The Morgan fingerprint density at radius 2 is 2.13 bits per heavy atom. The minimum Gasteiger partial charge on any atom is -0.494 e. The lowest BCUT2D eigenvalue weighted by atomic mass is 10.1. The van der Waals surface area contributed by atoms with Gasteiger partial charge in [-0.2, -0.15) is 0 Å². The summed E-state index contributed by atoms with van der Waals surface area (Å²) < 4.78 is 5.48. The third-order valence-electron chi connectivity index (χ3n) is 2.18. The smallest absolute Gasteiger partial charge is 0.140 e. The molecule has 2 rings (SSSR count). The van der Waals surface area contributed by atoms with Gasteiger partial charge in [0.1, 0.15) is 17.2 Å². The van der Waals surface area contributed by atoms with Crippen molar-refractivity contribution in [2.45, 2.75) is 13.8 Å².